The Morgan fingerprint density at radius 2 is 1.94 bits per heavy atom. The summed E-state index contributed by atoms with van der Waals surface area (Å²) >= 11 is 0. The number of hydrogen-bond acceptors (Lipinski definition) is 2. The average Bonchev–Trinajstić information content (AvgIpc) is 2.76. The third-order valence-electron chi connectivity index (χ3n) is 3.91. The van der Waals surface area contributed by atoms with Crippen LogP contribution in [-0.4, -0.2) is 24.5 Å². The van der Waals surface area contributed by atoms with Crippen molar-refractivity contribution in [3.8, 4) is 0 Å². The highest BCUT2D eigenvalue weighted by Gasteiger charge is 2.25. The molecule has 1 aromatic carbocycles. The van der Waals surface area contributed by atoms with Crippen LogP contribution in [0, 0.1) is 0 Å². The monoisotopic (exact) mass is 216 g/mol. The number of rotatable bonds is 1. The van der Waals surface area contributed by atoms with E-state index >= 15 is 0 Å². The summed E-state index contributed by atoms with van der Waals surface area (Å²) in [6, 6.07) is 9.61. The number of nitrogens with zero attached hydrogens (tertiary/aromatic N) is 1. The Bertz CT molecular complexity index is 356. The van der Waals surface area contributed by atoms with Gasteiger partial charge in [0.15, 0.2) is 0 Å². The zero-order valence-electron chi connectivity index (χ0n) is 9.78. The molecule has 86 valence electrons. The summed E-state index contributed by atoms with van der Waals surface area (Å²) in [5.41, 5.74) is 3.06. The number of hydrogen-bond donors (Lipinski definition) is 1. The van der Waals surface area contributed by atoms with Gasteiger partial charge in [0.05, 0.1) is 0 Å². The van der Waals surface area contributed by atoms with Crippen LogP contribution in [0.25, 0.3) is 0 Å². The summed E-state index contributed by atoms with van der Waals surface area (Å²) in [4.78, 5) is 2.67. The summed E-state index contributed by atoms with van der Waals surface area (Å²) in [7, 11) is 0. The molecule has 2 heteroatoms. The molecule has 2 aliphatic heterocycles. The molecule has 0 saturated carbocycles. The Labute approximate surface area is 97.6 Å². The Morgan fingerprint density at radius 1 is 1.12 bits per heavy atom. The molecule has 1 saturated heterocycles. The second-order valence-electron chi connectivity index (χ2n) is 4.92. The molecular formula is C14H20N2. The molecule has 0 amide bonds. The van der Waals surface area contributed by atoms with Crippen molar-refractivity contribution in [3.63, 3.8) is 0 Å². The van der Waals surface area contributed by atoms with Gasteiger partial charge in [0.25, 0.3) is 0 Å². The molecule has 0 aliphatic carbocycles. The van der Waals surface area contributed by atoms with E-state index in [0.717, 1.165) is 13.1 Å². The summed E-state index contributed by atoms with van der Waals surface area (Å²) in [5.74, 6) is 0. The molecule has 2 nitrogen and oxygen atoms in total. The number of benzene rings is 1. The van der Waals surface area contributed by atoms with Crippen LogP contribution < -0.4 is 5.32 Å². The van der Waals surface area contributed by atoms with Crippen LogP contribution in [0.15, 0.2) is 24.3 Å². The van der Waals surface area contributed by atoms with E-state index in [1.807, 2.05) is 0 Å². The predicted molar refractivity (Wildman–Crippen MR) is 66.3 cm³/mol. The van der Waals surface area contributed by atoms with E-state index in [2.05, 4.69) is 34.5 Å². The van der Waals surface area contributed by atoms with Crippen molar-refractivity contribution in [2.24, 2.45) is 0 Å². The van der Waals surface area contributed by atoms with Gasteiger partial charge < -0.3 is 5.32 Å². The molecule has 0 spiro atoms. The minimum atomic E-state index is 0.661. The van der Waals surface area contributed by atoms with Gasteiger partial charge in [-0.1, -0.05) is 24.3 Å². The minimum absolute atomic E-state index is 0.661. The maximum Gasteiger partial charge on any atom is 0.0363 e. The highest BCUT2D eigenvalue weighted by Crippen LogP contribution is 2.31. The summed E-state index contributed by atoms with van der Waals surface area (Å²) < 4.78 is 0. The fourth-order valence-electron chi connectivity index (χ4n) is 3.07. The molecule has 1 fully saturated rings. The zero-order chi connectivity index (χ0) is 10.8. The largest absolute Gasteiger partial charge is 0.313 e. The lowest BCUT2D eigenvalue weighted by molar-refractivity contribution is 0.235. The molecule has 16 heavy (non-hydrogen) atoms. The average molecular weight is 216 g/mol. The molecule has 0 bridgehead atoms. The number of fused-ring (bicyclic) bond motifs is 1. The van der Waals surface area contributed by atoms with E-state index < -0.39 is 0 Å². The van der Waals surface area contributed by atoms with Gasteiger partial charge in [-0.25, -0.2) is 0 Å². The smallest absolute Gasteiger partial charge is 0.0363 e. The van der Waals surface area contributed by atoms with Crippen LogP contribution in [0.4, 0.5) is 0 Å². The maximum absolute atomic E-state index is 3.53. The third-order valence-corrected chi connectivity index (χ3v) is 3.91. The molecule has 0 radical (unpaired) electrons. The molecule has 2 aliphatic rings. The molecule has 1 N–H and O–H groups in total. The lowest BCUT2D eigenvalue weighted by atomic mass is 9.98. The van der Waals surface area contributed by atoms with Crippen molar-refractivity contribution in [3.05, 3.63) is 35.4 Å². The van der Waals surface area contributed by atoms with Crippen LogP contribution in [0.3, 0.4) is 0 Å². The summed E-state index contributed by atoms with van der Waals surface area (Å²) in [5, 5.41) is 3.53. The van der Waals surface area contributed by atoms with Gasteiger partial charge in [-0.15, -0.1) is 0 Å². The van der Waals surface area contributed by atoms with Crippen molar-refractivity contribution < 1.29 is 0 Å². The van der Waals surface area contributed by atoms with Gasteiger partial charge in [-0.05, 0) is 50.0 Å². The Hall–Kier alpha value is -0.860. The van der Waals surface area contributed by atoms with Crippen LogP contribution in [0.1, 0.15) is 36.4 Å². The van der Waals surface area contributed by atoms with Crippen LogP contribution in [0.2, 0.25) is 0 Å². The van der Waals surface area contributed by atoms with Crippen LogP contribution in [0.5, 0.6) is 0 Å². The Morgan fingerprint density at radius 3 is 2.81 bits per heavy atom. The lowest BCUT2D eigenvalue weighted by Gasteiger charge is -2.27. The second-order valence-corrected chi connectivity index (χ2v) is 4.92. The van der Waals surface area contributed by atoms with Crippen LogP contribution >= 0.6 is 0 Å². The fraction of sp³-hybridized carbons (Fsp3) is 0.571. The van der Waals surface area contributed by atoms with Crippen LogP contribution in [-0.2, 0) is 6.54 Å². The molecule has 0 aromatic heterocycles. The van der Waals surface area contributed by atoms with E-state index in [4.69, 9.17) is 0 Å². The normalized spacial score (nSPS) is 26.4. The first-order chi connectivity index (χ1) is 7.95. The van der Waals surface area contributed by atoms with Crippen molar-refractivity contribution in [2.45, 2.75) is 31.8 Å². The first-order valence-corrected chi connectivity index (χ1v) is 6.48. The fourth-order valence-corrected chi connectivity index (χ4v) is 3.07. The lowest BCUT2D eigenvalue weighted by Crippen LogP contribution is -2.26. The first-order valence-electron chi connectivity index (χ1n) is 6.48. The Balaban J connectivity index is 1.92. The van der Waals surface area contributed by atoms with E-state index in [-0.39, 0.29) is 0 Å². The van der Waals surface area contributed by atoms with Crippen molar-refractivity contribution in [2.75, 3.05) is 19.6 Å². The molecule has 1 unspecified atom stereocenters. The van der Waals surface area contributed by atoms with Gasteiger partial charge in [0.1, 0.15) is 0 Å². The topological polar surface area (TPSA) is 15.3 Å². The van der Waals surface area contributed by atoms with Gasteiger partial charge in [-0.3, -0.25) is 4.90 Å². The van der Waals surface area contributed by atoms with E-state index in [1.165, 1.54) is 37.9 Å². The SMILES string of the molecule is c1ccc2c(c1)CNCCC2N1CCCC1. The molecule has 1 aromatic rings. The molecule has 1 atom stereocenters. The van der Waals surface area contributed by atoms with Gasteiger partial charge in [-0.2, -0.15) is 0 Å². The summed E-state index contributed by atoms with van der Waals surface area (Å²) in [6.07, 6.45) is 4.02. The quantitative estimate of drug-likeness (QED) is 0.775. The molecule has 2 heterocycles. The standard InChI is InChI=1S/C14H20N2/c1-2-6-13-12(5-1)11-15-8-7-14(13)16-9-3-4-10-16/h1-2,5-6,14-15H,3-4,7-11H2. The van der Waals surface area contributed by atoms with Crippen molar-refractivity contribution in [1.82, 2.24) is 10.2 Å². The van der Waals surface area contributed by atoms with Crippen molar-refractivity contribution in [1.29, 1.82) is 0 Å². The summed E-state index contributed by atoms with van der Waals surface area (Å²) in [6.45, 7) is 4.77. The molecular weight excluding hydrogens is 196 g/mol. The number of nitrogens with one attached hydrogen (secondary N) is 1. The van der Waals surface area contributed by atoms with Gasteiger partial charge >= 0.3 is 0 Å². The highest BCUT2D eigenvalue weighted by molar-refractivity contribution is 5.31. The third kappa shape index (κ3) is 1.87. The van der Waals surface area contributed by atoms with Gasteiger partial charge in [0, 0.05) is 12.6 Å². The second kappa shape index (κ2) is 4.56. The van der Waals surface area contributed by atoms with E-state index in [9.17, 15) is 0 Å². The van der Waals surface area contributed by atoms with E-state index in [1.54, 1.807) is 5.56 Å². The molecule has 3 rings (SSSR count). The number of likely N-dealkylation sites (tertiary alicyclic amines) is 1. The zero-order valence-corrected chi connectivity index (χ0v) is 9.78. The van der Waals surface area contributed by atoms with E-state index in [0.29, 0.717) is 6.04 Å². The minimum Gasteiger partial charge on any atom is -0.313 e. The van der Waals surface area contributed by atoms with Gasteiger partial charge in [0.2, 0.25) is 0 Å². The first kappa shape index (κ1) is 10.3. The maximum atomic E-state index is 3.53. The predicted octanol–water partition coefficient (Wildman–Crippen LogP) is 2.32. The van der Waals surface area contributed by atoms with Crippen molar-refractivity contribution >= 4 is 0 Å². The Kier molecular flexibility index (Phi) is 2.94. The highest BCUT2D eigenvalue weighted by atomic mass is 15.2.